The van der Waals surface area contributed by atoms with Gasteiger partial charge in [0.05, 0.1) is 16.3 Å². The van der Waals surface area contributed by atoms with E-state index in [1.54, 1.807) is 18.3 Å². The van der Waals surface area contributed by atoms with Gasteiger partial charge in [-0.05, 0) is 65.8 Å². The minimum Gasteiger partial charge on any atom is -0.294 e. The first-order valence-electron chi connectivity index (χ1n) is 11.5. The number of nitrogens with zero attached hydrogens (tertiary/aromatic N) is 2. The standard InChI is InChI=1S/C29H28F2N2OS/c1-6-8-9-18(7-2)19-12-20(14-21(13-19)29(5,30)31)26-17-32-27(35-26)23-11-10-22-24(33-23)15-28(3,4)16-25(22)34/h6-14,17H,1,15-16H2,2-5H3/b9-8-,18-7+. The number of pyridine rings is 1. The second kappa shape index (κ2) is 9.42. The second-order valence-corrected chi connectivity index (χ2v) is 10.7. The van der Waals surface area contributed by atoms with Crippen molar-refractivity contribution >= 4 is 22.7 Å². The maximum Gasteiger partial charge on any atom is 0.270 e. The smallest absolute Gasteiger partial charge is 0.270 e. The van der Waals surface area contributed by atoms with Gasteiger partial charge in [0.1, 0.15) is 5.01 Å². The molecule has 180 valence electrons. The summed E-state index contributed by atoms with van der Waals surface area (Å²) in [5, 5.41) is 0.687. The van der Waals surface area contributed by atoms with Crippen molar-refractivity contribution in [2.75, 3.05) is 0 Å². The van der Waals surface area contributed by atoms with Gasteiger partial charge in [-0.3, -0.25) is 4.79 Å². The summed E-state index contributed by atoms with van der Waals surface area (Å²) >= 11 is 1.40. The molecule has 0 saturated carbocycles. The van der Waals surface area contributed by atoms with E-state index in [2.05, 4.69) is 25.4 Å². The molecule has 0 aliphatic heterocycles. The molecular weight excluding hydrogens is 462 g/mol. The number of ketones is 1. The zero-order chi connectivity index (χ0) is 25.4. The van der Waals surface area contributed by atoms with Crippen molar-refractivity contribution in [2.45, 2.75) is 46.5 Å². The SMILES string of the molecule is C=C/C=C\C(=C/C)c1cc(-c2cnc(-c3ccc4c(n3)CC(C)(C)CC4=O)s2)cc(C(C)(F)F)c1. The Labute approximate surface area is 209 Å². The Morgan fingerprint density at radius 2 is 1.97 bits per heavy atom. The predicted octanol–water partition coefficient (Wildman–Crippen LogP) is 8.28. The summed E-state index contributed by atoms with van der Waals surface area (Å²) in [5.41, 5.74) is 4.17. The summed E-state index contributed by atoms with van der Waals surface area (Å²) in [4.78, 5) is 22.6. The summed E-state index contributed by atoms with van der Waals surface area (Å²) in [5.74, 6) is -2.87. The molecule has 0 spiro atoms. The third kappa shape index (κ3) is 5.38. The van der Waals surface area contributed by atoms with Crippen LogP contribution < -0.4 is 0 Å². The Morgan fingerprint density at radius 1 is 1.20 bits per heavy atom. The Kier molecular flexibility index (Phi) is 6.69. The molecule has 0 atom stereocenters. The van der Waals surface area contributed by atoms with Crippen LogP contribution in [0.3, 0.4) is 0 Å². The molecule has 2 aromatic heterocycles. The lowest BCUT2D eigenvalue weighted by Gasteiger charge is -2.29. The number of hydrogen-bond acceptors (Lipinski definition) is 4. The minimum atomic E-state index is -2.99. The highest BCUT2D eigenvalue weighted by Crippen LogP contribution is 2.39. The highest BCUT2D eigenvalue weighted by molar-refractivity contribution is 7.18. The van der Waals surface area contributed by atoms with Gasteiger partial charge in [0.25, 0.3) is 5.92 Å². The van der Waals surface area contributed by atoms with Crippen LogP contribution in [0.1, 0.15) is 61.3 Å². The first-order chi connectivity index (χ1) is 16.5. The van der Waals surface area contributed by atoms with E-state index < -0.39 is 5.92 Å². The number of halogens is 2. The quantitative estimate of drug-likeness (QED) is 0.327. The van der Waals surface area contributed by atoms with Crippen LogP contribution in [-0.4, -0.2) is 15.8 Å². The first kappa shape index (κ1) is 24.9. The van der Waals surface area contributed by atoms with Crippen LogP contribution in [-0.2, 0) is 12.3 Å². The number of allylic oxidation sites excluding steroid dienone is 5. The minimum absolute atomic E-state index is 0.0565. The Morgan fingerprint density at radius 3 is 2.66 bits per heavy atom. The fourth-order valence-electron chi connectivity index (χ4n) is 4.30. The molecule has 0 saturated heterocycles. The topological polar surface area (TPSA) is 42.9 Å². The van der Waals surface area contributed by atoms with Gasteiger partial charge in [-0.1, -0.05) is 44.7 Å². The molecule has 0 fully saturated rings. The summed E-state index contributed by atoms with van der Waals surface area (Å²) in [7, 11) is 0. The molecule has 2 heterocycles. The van der Waals surface area contributed by atoms with Gasteiger partial charge >= 0.3 is 0 Å². The molecule has 0 amide bonds. The van der Waals surface area contributed by atoms with Gasteiger partial charge in [0.2, 0.25) is 0 Å². The van der Waals surface area contributed by atoms with Crippen LogP contribution in [0.2, 0.25) is 0 Å². The molecule has 1 aliphatic carbocycles. The van der Waals surface area contributed by atoms with Crippen LogP contribution in [0.15, 0.2) is 67.4 Å². The van der Waals surface area contributed by atoms with Crippen LogP contribution in [0.25, 0.3) is 26.7 Å². The molecule has 1 aromatic carbocycles. The van der Waals surface area contributed by atoms with E-state index in [1.165, 1.54) is 23.5 Å². The third-order valence-corrected chi connectivity index (χ3v) is 7.13. The Hall–Kier alpha value is -3.25. The molecule has 35 heavy (non-hydrogen) atoms. The van der Waals surface area contributed by atoms with Crippen molar-refractivity contribution in [3.8, 4) is 21.1 Å². The highest BCUT2D eigenvalue weighted by Gasteiger charge is 2.32. The van der Waals surface area contributed by atoms with E-state index >= 15 is 0 Å². The lowest BCUT2D eigenvalue weighted by molar-refractivity contribution is 0.0175. The summed E-state index contributed by atoms with van der Waals surface area (Å²) in [6.07, 6.45) is 10.1. The number of rotatable bonds is 6. The number of carbonyl (C=O) groups excluding carboxylic acids is 1. The average Bonchev–Trinajstić information content (AvgIpc) is 3.28. The van der Waals surface area contributed by atoms with Gasteiger partial charge in [-0.2, -0.15) is 0 Å². The molecule has 3 aromatic rings. The fraction of sp³-hybridized carbons (Fsp3) is 0.276. The summed E-state index contributed by atoms with van der Waals surface area (Å²) in [6.45, 7) is 10.6. The number of carbonyl (C=O) groups is 1. The monoisotopic (exact) mass is 490 g/mol. The zero-order valence-corrected chi connectivity index (χ0v) is 21.2. The van der Waals surface area contributed by atoms with Crippen LogP contribution in [0.4, 0.5) is 8.78 Å². The van der Waals surface area contributed by atoms with Crippen molar-refractivity contribution in [1.29, 1.82) is 0 Å². The van der Waals surface area contributed by atoms with Crippen LogP contribution in [0, 0.1) is 5.41 Å². The van der Waals surface area contributed by atoms with Gasteiger partial charge in [-0.25, -0.2) is 18.7 Å². The highest BCUT2D eigenvalue weighted by atomic mass is 32.1. The Bertz CT molecular complexity index is 1360. The van der Waals surface area contributed by atoms with Crippen LogP contribution in [0.5, 0.6) is 0 Å². The van der Waals surface area contributed by atoms with E-state index in [0.717, 1.165) is 29.5 Å². The van der Waals surface area contributed by atoms with Crippen molar-refractivity contribution < 1.29 is 13.6 Å². The van der Waals surface area contributed by atoms with Crippen LogP contribution >= 0.6 is 11.3 Å². The molecule has 0 bridgehead atoms. The van der Waals surface area contributed by atoms with Gasteiger partial charge in [0, 0.05) is 30.7 Å². The third-order valence-electron chi connectivity index (χ3n) is 6.07. The number of hydrogen-bond donors (Lipinski definition) is 0. The van der Waals surface area contributed by atoms with E-state index in [0.29, 0.717) is 33.8 Å². The molecule has 3 nitrogen and oxygen atoms in total. The van der Waals surface area contributed by atoms with Crippen molar-refractivity contribution in [3.63, 3.8) is 0 Å². The largest absolute Gasteiger partial charge is 0.294 e. The van der Waals surface area contributed by atoms with Gasteiger partial charge in [-0.15, -0.1) is 11.3 Å². The molecule has 4 rings (SSSR count). The molecular formula is C29H28F2N2OS. The average molecular weight is 491 g/mol. The van der Waals surface area contributed by atoms with Crippen molar-refractivity contribution in [2.24, 2.45) is 5.41 Å². The Balaban J connectivity index is 1.76. The van der Waals surface area contributed by atoms with E-state index in [9.17, 15) is 13.6 Å². The second-order valence-electron chi connectivity index (χ2n) is 9.69. The lowest BCUT2D eigenvalue weighted by Crippen LogP contribution is -2.27. The molecule has 0 unspecified atom stereocenters. The summed E-state index contributed by atoms with van der Waals surface area (Å²) in [6, 6.07) is 8.59. The number of fused-ring (bicyclic) bond motifs is 1. The van der Waals surface area contributed by atoms with Crippen molar-refractivity contribution in [1.82, 2.24) is 9.97 Å². The normalized spacial score (nSPS) is 15.9. The molecule has 1 aliphatic rings. The van der Waals surface area contributed by atoms with Gasteiger partial charge in [0.15, 0.2) is 5.78 Å². The lowest BCUT2D eigenvalue weighted by atomic mass is 9.75. The summed E-state index contributed by atoms with van der Waals surface area (Å²) < 4.78 is 28.7. The number of alkyl halides is 2. The molecule has 6 heteroatoms. The van der Waals surface area contributed by atoms with E-state index in [4.69, 9.17) is 4.98 Å². The first-order valence-corrected chi connectivity index (χ1v) is 12.3. The maximum absolute atomic E-state index is 14.4. The number of benzene rings is 1. The number of thiazole rings is 1. The number of Topliss-reactive ketones (excluding diaryl/α,β-unsaturated/α-hetero) is 1. The number of aromatic nitrogens is 2. The fourth-order valence-corrected chi connectivity index (χ4v) is 5.17. The molecule has 0 N–H and O–H groups in total. The van der Waals surface area contributed by atoms with Crippen molar-refractivity contribution in [3.05, 3.63) is 89.8 Å². The predicted molar refractivity (Wildman–Crippen MR) is 140 cm³/mol. The van der Waals surface area contributed by atoms with E-state index in [1.807, 2.05) is 37.3 Å². The van der Waals surface area contributed by atoms with Gasteiger partial charge < -0.3 is 0 Å². The molecule has 0 radical (unpaired) electrons. The van der Waals surface area contributed by atoms with E-state index in [-0.39, 0.29) is 16.8 Å². The maximum atomic E-state index is 14.4. The zero-order valence-electron chi connectivity index (χ0n) is 20.4.